The SMILES string of the molecule is Cc1cc(CO)n(CCBr)n1. The van der Waals surface area contributed by atoms with Crippen LogP contribution >= 0.6 is 15.9 Å². The van der Waals surface area contributed by atoms with Gasteiger partial charge in [0.15, 0.2) is 0 Å². The molecule has 0 atom stereocenters. The van der Waals surface area contributed by atoms with Crippen molar-refractivity contribution in [1.82, 2.24) is 9.78 Å². The monoisotopic (exact) mass is 218 g/mol. The molecule has 62 valence electrons. The van der Waals surface area contributed by atoms with Crippen molar-refractivity contribution in [1.29, 1.82) is 0 Å². The van der Waals surface area contributed by atoms with E-state index in [1.807, 2.05) is 17.7 Å². The summed E-state index contributed by atoms with van der Waals surface area (Å²) in [4.78, 5) is 0. The highest BCUT2D eigenvalue weighted by Gasteiger charge is 2.01. The molecule has 0 spiro atoms. The summed E-state index contributed by atoms with van der Waals surface area (Å²) in [6, 6.07) is 1.89. The number of aryl methyl sites for hydroxylation is 2. The Bertz CT molecular complexity index is 234. The first-order valence-electron chi connectivity index (χ1n) is 3.48. The first kappa shape index (κ1) is 8.74. The molecule has 0 aliphatic rings. The van der Waals surface area contributed by atoms with Gasteiger partial charge < -0.3 is 5.11 Å². The Morgan fingerprint density at radius 2 is 2.45 bits per heavy atom. The van der Waals surface area contributed by atoms with Crippen molar-refractivity contribution < 1.29 is 5.11 Å². The average Bonchev–Trinajstić information content (AvgIpc) is 2.32. The highest BCUT2D eigenvalue weighted by Crippen LogP contribution is 2.03. The van der Waals surface area contributed by atoms with Crippen LogP contribution < -0.4 is 0 Å². The van der Waals surface area contributed by atoms with Crippen molar-refractivity contribution in [2.75, 3.05) is 5.33 Å². The lowest BCUT2D eigenvalue weighted by molar-refractivity contribution is 0.268. The third-order valence-electron chi connectivity index (χ3n) is 1.44. The van der Waals surface area contributed by atoms with Crippen LogP contribution in [0.1, 0.15) is 11.4 Å². The van der Waals surface area contributed by atoms with E-state index in [1.165, 1.54) is 0 Å². The van der Waals surface area contributed by atoms with E-state index in [0.29, 0.717) is 0 Å². The van der Waals surface area contributed by atoms with E-state index in [2.05, 4.69) is 21.0 Å². The van der Waals surface area contributed by atoms with Crippen molar-refractivity contribution >= 4 is 15.9 Å². The number of nitrogens with zero attached hydrogens (tertiary/aromatic N) is 2. The quantitative estimate of drug-likeness (QED) is 0.772. The maximum absolute atomic E-state index is 8.88. The molecule has 1 aromatic heterocycles. The van der Waals surface area contributed by atoms with E-state index in [0.717, 1.165) is 23.3 Å². The number of rotatable bonds is 3. The summed E-state index contributed by atoms with van der Waals surface area (Å²) < 4.78 is 1.81. The Balaban J connectivity index is 2.83. The molecule has 1 rings (SSSR count). The second kappa shape index (κ2) is 3.88. The lowest BCUT2D eigenvalue weighted by atomic mass is 10.4. The van der Waals surface area contributed by atoms with Gasteiger partial charge in [-0.15, -0.1) is 0 Å². The Labute approximate surface area is 74.2 Å². The van der Waals surface area contributed by atoms with Gasteiger partial charge in [0, 0.05) is 5.33 Å². The fraction of sp³-hybridized carbons (Fsp3) is 0.571. The highest BCUT2D eigenvalue weighted by atomic mass is 79.9. The van der Waals surface area contributed by atoms with Crippen molar-refractivity contribution in [3.63, 3.8) is 0 Å². The van der Waals surface area contributed by atoms with E-state index in [-0.39, 0.29) is 6.61 Å². The lowest BCUT2D eigenvalue weighted by Gasteiger charge is -2.00. The van der Waals surface area contributed by atoms with E-state index >= 15 is 0 Å². The zero-order chi connectivity index (χ0) is 8.27. The van der Waals surface area contributed by atoms with Crippen molar-refractivity contribution in [3.05, 3.63) is 17.5 Å². The van der Waals surface area contributed by atoms with Crippen LogP contribution in [0, 0.1) is 6.92 Å². The van der Waals surface area contributed by atoms with E-state index < -0.39 is 0 Å². The lowest BCUT2D eigenvalue weighted by Crippen LogP contribution is -2.05. The van der Waals surface area contributed by atoms with Crippen molar-refractivity contribution in [3.8, 4) is 0 Å². The molecule has 11 heavy (non-hydrogen) atoms. The van der Waals surface area contributed by atoms with Crippen LogP contribution in [-0.2, 0) is 13.2 Å². The van der Waals surface area contributed by atoms with Gasteiger partial charge in [-0.25, -0.2) is 0 Å². The zero-order valence-electron chi connectivity index (χ0n) is 6.42. The molecule has 0 saturated carbocycles. The molecule has 0 aliphatic heterocycles. The smallest absolute Gasteiger partial charge is 0.0849 e. The van der Waals surface area contributed by atoms with Gasteiger partial charge in [0.1, 0.15) is 0 Å². The summed E-state index contributed by atoms with van der Waals surface area (Å²) in [5, 5.41) is 13.9. The summed E-state index contributed by atoms with van der Waals surface area (Å²) in [7, 11) is 0. The Morgan fingerprint density at radius 1 is 1.73 bits per heavy atom. The fourth-order valence-corrected chi connectivity index (χ4v) is 1.34. The normalized spacial score (nSPS) is 10.5. The highest BCUT2D eigenvalue weighted by molar-refractivity contribution is 9.09. The van der Waals surface area contributed by atoms with Crippen LogP contribution in [0.4, 0.5) is 0 Å². The second-order valence-corrected chi connectivity index (χ2v) is 3.14. The molecule has 0 radical (unpaired) electrons. The summed E-state index contributed by atoms with van der Waals surface area (Å²) in [6.07, 6.45) is 0. The first-order valence-corrected chi connectivity index (χ1v) is 4.60. The molecule has 0 bridgehead atoms. The molecule has 1 heterocycles. The fourth-order valence-electron chi connectivity index (χ4n) is 1.00. The molecular formula is C7H11BrN2O. The Kier molecular flexibility index (Phi) is 3.08. The maximum atomic E-state index is 8.88. The molecule has 0 aliphatic carbocycles. The van der Waals surface area contributed by atoms with E-state index in [4.69, 9.17) is 5.11 Å². The molecule has 3 nitrogen and oxygen atoms in total. The molecular weight excluding hydrogens is 208 g/mol. The van der Waals surface area contributed by atoms with Gasteiger partial charge in [0.05, 0.1) is 24.5 Å². The minimum Gasteiger partial charge on any atom is -0.390 e. The molecule has 1 aromatic rings. The number of alkyl halides is 1. The van der Waals surface area contributed by atoms with Crippen molar-refractivity contribution in [2.24, 2.45) is 0 Å². The van der Waals surface area contributed by atoms with Crippen LogP contribution in [0.2, 0.25) is 0 Å². The molecule has 0 saturated heterocycles. The minimum atomic E-state index is 0.0633. The van der Waals surface area contributed by atoms with E-state index in [1.54, 1.807) is 0 Å². The Hall–Kier alpha value is -0.350. The molecule has 0 amide bonds. The van der Waals surface area contributed by atoms with Crippen LogP contribution in [0.25, 0.3) is 0 Å². The van der Waals surface area contributed by atoms with E-state index in [9.17, 15) is 0 Å². The van der Waals surface area contributed by atoms with Gasteiger partial charge in [-0.1, -0.05) is 15.9 Å². The molecule has 1 N–H and O–H groups in total. The number of aliphatic hydroxyl groups excluding tert-OH is 1. The number of halogens is 1. The van der Waals surface area contributed by atoms with Crippen LogP contribution in [0.15, 0.2) is 6.07 Å². The standard InChI is InChI=1S/C7H11BrN2O/c1-6-4-7(5-11)10(9-6)3-2-8/h4,11H,2-3,5H2,1H3. The molecule has 0 unspecified atom stereocenters. The number of hydrogen-bond acceptors (Lipinski definition) is 2. The molecule has 0 aromatic carbocycles. The predicted molar refractivity (Wildman–Crippen MR) is 46.7 cm³/mol. The van der Waals surface area contributed by atoms with Gasteiger partial charge in [0.25, 0.3) is 0 Å². The van der Waals surface area contributed by atoms with Crippen LogP contribution in [0.5, 0.6) is 0 Å². The third kappa shape index (κ3) is 2.04. The summed E-state index contributed by atoms with van der Waals surface area (Å²) in [5.41, 5.74) is 1.83. The zero-order valence-corrected chi connectivity index (χ0v) is 8.00. The predicted octanol–water partition coefficient (Wildman–Crippen LogP) is 1.08. The van der Waals surface area contributed by atoms with Crippen LogP contribution in [0.3, 0.4) is 0 Å². The summed E-state index contributed by atoms with van der Waals surface area (Å²) in [5.74, 6) is 0. The molecule has 4 heteroatoms. The summed E-state index contributed by atoms with van der Waals surface area (Å²) in [6.45, 7) is 2.79. The average molecular weight is 219 g/mol. The van der Waals surface area contributed by atoms with Crippen LogP contribution in [-0.4, -0.2) is 20.2 Å². The largest absolute Gasteiger partial charge is 0.390 e. The minimum absolute atomic E-state index is 0.0633. The first-order chi connectivity index (χ1) is 5.27. The van der Waals surface area contributed by atoms with Gasteiger partial charge in [-0.3, -0.25) is 4.68 Å². The topological polar surface area (TPSA) is 38.0 Å². The maximum Gasteiger partial charge on any atom is 0.0849 e. The number of hydrogen-bond donors (Lipinski definition) is 1. The van der Waals surface area contributed by atoms with Gasteiger partial charge in [0.2, 0.25) is 0 Å². The van der Waals surface area contributed by atoms with Gasteiger partial charge in [-0.2, -0.15) is 5.10 Å². The van der Waals surface area contributed by atoms with Crippen molar-refractivity contribution in [2.45, 2.75) is 20.1 Å². The third-order valence-corrected chi connectivity index (χ3v) is 1.80. The Morgan fingerprint density at radius 3 is 3.00 bits per heavy atom. The van der Waals surface area contributed by atoms with Gasteiger partial charge >= 0.3 is 0 Å². The second-order valence-electron chi connectivity index (χ2n) is 2.35. The van der Waals surface area contributed by atoms with Gasteiger partial charge in [-0.05, 0) is 13.0 Å². The number of aliphatic hydroxyl groups is 1. The number of aromatic nitrogens is 2. The molecule has 0 fully saturated rings. The summed E-state index contributed by atoms with van der Waals surface area (Å²) >= 11 is 3.32.